The van der Waals surface area contributed by atoms with Crippen LogP contribution < -0.4 is 10.3 Å². The van der Waals surface area contributed by atoms with Gasteiger partial charge in [0.15, 0.2) is 5.65 Å². The first-order chi connectivity index (χ1) is 24.1. The highest BCUT2D eigenvalue weighted by atomic mass is 32.2. The Morgan fingerprint density at radius 1 is 0.980 bits per heavy atom. The topological polar surface area (TPSA) is 127 Å². The van der Waals surface area contributed by atoms with Gasteiger partial charge in [-0.1, -0.05) is 30.3 Å². The van der Waals surface area contributed by atoms with Gasteiger partial charge >= 0.3 is 0 Å². The van der Waals surface area contributed by atoms with Crippen LogP contribution in [0, 0.1) is 11.7 Å². The highest BCUT2D eigenvalue weighted by molar-refractivity contribution is 7.89. The average molecular weight is 700 g/mol. The number of nitrogens with zero attached hydrogens (tertiary/aromatic N) is 5. The molecule has 2 saturated heterocycles. The van der Waals surface area contributed by atoms with Gasteiger partial charge in [-0.05, 0) is 79.4 Å². The molecule has 0 unspecified atom stereocenters. The molecule has 3 aromatic carbocycles. The minimum atomic E-state index is -3.90. The first kappa shape index (κ1) is 33.6. The van der Waals surface area contributed by atoms with Crippen molar-refractivity contribution in [1.82, 2.24) is 23.3 Å². The highest BCUT2D eigenvalue weighted by Crippen LogP contribution is 2.37. The maximum absolute atomic E-state index is 14.1. The van der Waals surface area contributed by atoms with Gasteiger partial charge in [0, 0.05) is 49.9 Å². The molecule has 0 bridgehead atoms. The molecule has 50 heavy (non-hydrogen) atoms. The summed E-state index contributed by atoms with van der Waals surface area (Å²) in [4.78, 5) is 33.9. The molecule has 2 atom stereocenters. The summed E-state index contributed by atoms with van der Waals surface area (Å²) in [6.07, 6.45) is 4.10. The molecule has 0 saturated carbocycles. The van der Waals surface area contributed by atoms with Gasteiger partial charge < -0.3 is 19.3 Å². The molecule has 0 radical (unpaired) electrons. The number of piperidine rings is 2. The van der Waals surface area contributed by atoms with Gasteiger partial charge in [0.25, 0.3) is 5.56 Å². The summed E-state index contributed by atoms with van der Waals surface area (Å²) in [7, 11) is -2.30. The summed E-state index contributed by atoms with van der Waals surface area (Å²) < 4.78 is 50.4. The smallest absolute Gasteiger partial charge is 0.262 e. The molecule has 11 nitrogen and oxygen atoms in total. The number of fused-ring (bicyclic) bond motifs is 1. The number of rotatable bonds is 8. The van der Waals surface area contributed by atoms with Crippen molar-refractivity contribution in [2.24, 2.45) is 5.92 Å². The van der Waals surface area contributed by atoms with Crippen LogP contribution in [0.4, 0.5) is 4.39 Å². The number of carbonyl (C=O) groups is 1. The van der Waals surface area contributed by atoms with Crippen LogP contribution in [-0.2, 0) is 21.4 Å². The molecule has 13 heteroatoms. The summed E-state index contributed by atoms with van der Waals surface area (Å²) in [5.74, 6) is -0.742. The van der Waals surface area contributed by atoms with E-state index in [9.17, 15) is 27.5 Å². The maximum atomic E-state index is 14.1. The van der Waals surface area contributed by atoms with E-state index in [4.69, 9.17) is 4.74 Å². The Balaban J connectivity index is 1.04. The van der Waals surface area contributed by atoms with Crippen LogP contribution in [-0.4, -0.2) is 81.6 Å². The molecule has 0 spiro atoms. The van der Waals surface area contributed by atoms with Gasteiger partial charge in [-0.25, -0.2) is 17.8 Å². The fourth-order valence-corrected chi connectivity index (χ4v) is 8.68. The van der Waals surface area contributed by atoms with Crippen molar-refractivity contribution in [2.45, 2.75) is 42.2 Å². The summed E-state index contributed by atoms with van der Waals surface area (Å²) in [6, 6.07) is 23.3. The van der Waals surface area contributed by atoms with Gasteiger partial charge in [-0.3, -0.25) is 14.2 Å². The number of carbonyl (C=O) groups excluding carboxylic acids is 1. The molecule has 7 rings (SSSR count). The normalized spacial score (nSPS) is 19.8. The van der Waals surface area contributed by atoms with Crippen molar-refractivity contribution >= 4 is 27.0 Å². The third-order valence-corrected chi connectivity index (χ3v) is 11.9. The van der Waals surface area contributed by atoms with Crippen LogP contribution in [0.25, 0.3) is 16.7 Å². The molecule has 5 aromatic rings. The Morgan fingerprint density at radius 3 is 2.36 bits per heavy atom. The number of aromatic nitrogens is 3. The predicted molar refractivity (Wildman–Crippen MR) is 185 cm³/mol. The van der Waals surface area contributed by atoms with Crippen LogP contribution in [0.2, 0.25) is 0 Å². The second-order valence-corrected chi connectivity index (χ2v) is 15.0. The van der Waals surface area contributed by atoms with Gasteiger partial charge in [-0.2, -0.15) is 4.31 Å². The number of hydrogen-bond donors (Lipinski definition) is 1. The molecular weight excluding hydrogens is 662 g/mol. The van der Waals surface area contributed by atoms with E-state index in [0.29, 0.717) is 30.5 Å². The Kier molecular flexibility index (Phi) is 9.06. The highest BCUT2D eigenvalue weighted by Gasteiger charge is 2.43. The van der Waals surface area contributed by atoms with E-state index in [0.717, 1.165) is 29.1 Å². The minimum Gasteiger partial charge on any atom is -0.497 e. The molecule has 1 amide bonds. The quantitative estimate of drug-likeness (QED) is 0.258. The lowest BCUT2D eigenvalue weighted by Gasteiger charge is -2.43. The lowest BCUT2D eigenvalue weighted by atomic mass is 9.80. The number of hydrogen-bond acceptors (Lipinski definition) is 7. The zero-order valence-corrected chi connectivity index (χ0v) is 28.4. The molecule has 2 aromatic heterocycles. The first-order valence-electron chi connectivity index (χ1n) is 16.6. The monoisotopic (exact) mass is 699 g/mol. The zero-order chi connectivity index (χ0) is 35.0. The lowest BCUT2D eigenvalue weighted by molar-refractivity contribution is -0.142. The number of likely N-dealkylation sites (tertiary alicyclic amines) is 1. The summed E-state index contributed by atoms with van der Waals surface area (Å²) in [5.41, 5.74) is 0.716. The Labute approximate surface area is 289 Å². The van der Waals surface area contributed by atoms with E-state index in [1.807, 2.05) is 59.2 Å². The predicted octanol–water partition coefficient (Wildman–Crippen LogP) is 4.18. The van der Waals surface area contributed by atoms with E-state index in [1.54, 1.807) is 24.3 Å². The standard InChI is InChI=1S/C37H38FN5O6S/c1-49-29-11-9-28(10-12-29)43-20-16-32-34(43)39-25-41(36(32)45)24-37(46)17-21-40(22-18-37)35(44)31-15-19-42(23-33(31)26-5-3-2-4-6-26)50(47,48)30-13-7-27(38)8-14-30/h2-14,16,20,25,31,33,46H,15,17-19,21-24H2,1H3/t31-,33+/m1/s1. The Bertz CT molecular complexity index is 2160. The molecule has 260 valence electrons. The van der Waals surface area contributed by atoms with Crippen LogP contribution >= 0.6 is 0 Å². The fourth-order valence-electron chi connectivity index (χ4n) is 7.20. The van der Waals surface area contributed by atoms with E-state index in [2.05, 4.69) is 4.98 Å². The summed E-state index contributed by atoms with van der Waals surface area (Å²) >= 11 is 0. The SMILES string of the molecule is COc1ccc(-n2ccc3c(=O)n(CC4(O)CCN(C(=O)[C@@H]5CCN(S(=O)(=O)c6ccc(F)cc6)C[C@H]5c5ccccc5)CC4)cnc32)cc1. The van der Waals surface area contributed by atoms with Gasteiger partial charge in [-0.15, -0.1) is 0 Å². The summed E-state index contributed by atoms with van der Waals surface area (Å²) in [6.45, 7) is 0.884. The van der Waals surface area contributed by atoms with E-state index in [-0.39, 0.29) is 48.8 Å². The molecule has 0 aliphatic carbocycles. The van der Waals surface area contributed by atoms with Crippen molar-refractivity contribution < 1.29 is 27.4 Å². The second-order valence-electron chi connectivity index (χ2n) is 13.1. The molecule has 1 N–H and O–H groups in total. The fraction of sp³-hybridized carbons (Fsp3) is 0.324. The van der Waals surface area contributed by atoms with Crippen LogP contribution in [0.1, 0.15) is 30.7 Å². The van der Waals surface area contributed by atoms with Gasteiger partial charge in [0.05, 0.1) is 29.5 Å². The summed E-state index contributed by atoms with van der Waals surface area (Å²) in [5, 5.41) is 12.0. The number of benzene rings is 3. The van der Waals surface area contributed by atoms with Crippen molar-refractivity contribution in [3.63, 3.8) is 0 Å². The largest absolute Gasteiger partial charge is 0.497 e. The van der Waals surface area contributed by atoms with E-state index in [1.165, 1.54) is 27.3 Å². The maximum Gasteiger partial charge on any atom is 0.262 e. The molecular formula is C37H38FN5O6S. The molecule has 2 fully saturated rings. The first-order valence-corrected chi connectivity index (χ1v) is 18.0. The van der Waals surface area contributed by atoms with Crippen molar-refractivity contribution in [3.05, 3.63) is 119 Å². The van der Waals surface area contributed by atoms with Crippen molar-refractivity contribution in [3.8, 4) is 11.4 Å². The molecule has 2 aliphatic heterocycles. The van der Waals surface area contributed by atoms with E-state index >= 15 is 0 Å². The van der Waals surface area contributed by atoms with Crippen LogP contribution in [0.5, 0.6) is 5.75 Å². The van der Waals surface area contributed by atoms with E-state index < -0.39 is 33.3 Å². The van der Waals surface area contributed by atoms with Gasteiger partial charge in [0.1, 0.15) is 17.9 Å². The lowest BCUT2D eigenvalue weighted by Crippen LogP contribution is -2.53. The number of aliphatic hydroxyl groups is 1. The third kappa shape index (κ3) is 6.43. The minimum absolute atomic E-state index is 0.00840. The number of ether oxygens (including phenoxy) is 1. The second kappa shape index (κ2) is 13.5. The van der Waals surface area contributed by atoms with Crippen molar-refractivity contribution in [2.75, 3.05) is 33.3 Å². The van der Waals surface area contributed by atoms with Crippen molar-refractivity contribution in [1.29, 1.82) is 0 Å². The van der Waals surface area contributed by atoms with Crippen LogP contribution in [0.3, 0.4) is 0 Å². The van der Waals surface area contributed by atoms with Crippen LogP contribution in [0.15, 0.2) is 107 Å². The average Bonchev–Trinajstić information content (AvgIpc) is 3.58. The van der Waals surface area contributed by atoms with Gasteiger partial charge in [0.2, 0.25) is 15.9 Å². The number of amides is 1. The zero-order valence-electron chi connectivity index (χ0n) is 27.6. The Hall–Kier alpha value is -4.85. The molecule has 4 heterocycles. The number of sulfonamides is 1. The third-order valence-electron chi connectivity index (χ3n) is 10.1. The number of methoxy groups -OCH3 is 1. The molecule has 2 aliphatic rings. The Morgan fingerprint density at radius 2 is 1.68 bits per heavy atom. The number of halogens is 1.